The topological polar surface area (TPSA) is 61.5 Å². The maximum atomic E-state index is 13.8. The molecule has 1 N–H and O–H groups in total. The highest BCUT2D eigenvalue weighted by molar-refractivity contribution is 5.80. The van der Waals surface area contributed by atoms with Gasteiger partial charge in [-0.25, -0.2) is 13.8 Å². The summed E-state index contributed by atoms with van der Waals surface area (Å²) in [6.45, 7) is 2.43. The smallest absolute Gasteiger partial charge is 0.381 e. The van der Waals surface area contributed by atoms with Gasteiger partial charge in [-0.05, 0) is 19.3 Å². The zero-order valence-corrected chi connectivity index (χ0v) is 17.2. The van der Waals surface area contributed by atoms with Gasteiger partial charge in [0, 0.05) is 57.6 Å². The normalized spacial score (nSPS) is 26.9. The highest BCUT2D eigenvalue weighted by Crippen LogP contribution is 2.46. The fourth-order valence-electron chi connectivity index (χ4n) is 5.12. The number of carbonyl (C=O) groups is 1. The van der Waals surface area contributed by atoms with Crippen molar-refractivity contribution in [3.63, 3.8) is 0 Å². The van der Waals surface area contributed by atoms with Crippen LogP contribution in [-0.2, 0) is 22.3 Å². The van der Waals surface area contributed by atoms with Crippen LogP contribution in [0.4, 0.5) is 22.0 Å². The van der Waals surface area contributed by atoms with Crippen LogP contribution in [0.1, 0.15) is 43.6 Å². The number of carbonyl (C=O) groups excluding carboxylic acids is 1. The standard InChI is InChI=1S/C20H27F5N4O2/c21-19(22)2-1-6-29(7-3-19)17(30)14-11-28(13-18(14)4-8-31-9-5-18)12-16-26-10-15(27-16)20(23,24)25/h10,14H,1-9,11-13H2,(H,26,27)/t14-/m0/s1. The van der Waals surface area contributed by atoms with Gasteiger partial charge in [0.25, 0.3) is 0 Å². The second-order valence-electron chi connectivity index (χ2n) is 8.97. The molecular weight excluding hydrogens is 423 g/mol. The molecule has 31 heavy (non-hydrogen) atoms. The summed E-state index contributed by atoms with van der Waals surface area (Å²) < 4.78 is 71.6. The van der Waals surface area contributed by atoms with Gasteiger partial charge in [0.1, 0.15) is 11.5 Å². The summed E-state index contributed by atoms with van der Waals surface area (Å²) >= 11 is 0. The molecule has 11 heteroatoms. The number of rotatable bonds is 3. The first kappa shape index (κ1) is 22.4. The first-order chi connectivity index (χ1) is 14.6. The van der Waals surface area contributed by atoms with Crippen LogP contribution >= 0.6 is 0 Å². The number of hydrogen-bond acceptors (Lipinski definition) is 4. The molecule has 1 atom stereocenters. The molecule has 0 bridgehead atoms. The van der Waals surface area contributed by atoms with Gasteiger partial charge >= 0.3 is 6.18 Å². The average molecular weight is 450 g/mol. The number of nitrogens with one attached hydrogen (secondary N) is 1. The van der Waals surface area contributed by atoms with Gasteiger partial charge in [-0.3, -0.25) is 9.69 Å². The minimum atomic E-state index is -4.49. The third kappa shape index (κ3) is 4.87. The molecule has 0 saturated carbocycles. The van der Waals surface area contributed by atoms with Crippen molar-refractivity contribution >= 4 is 5.91 Å². The fourth-order valence-corrected chi connectivity index (χ4v) is 5.12. The van der Waals surface area contributed by atoms with Crippen molar-refractivity contribution in [1.29, 1.82) is 0 Å². The maximum Gasteiger partial charge on any atom is 0.432 e. The van der Waals surface area contributed by atoms with Gasteiger partial charge in [0.05, 0.1) is 18.7 Å². The molecule has 3 fully saturated rings. The van der Waals surface area contributed by atoms with Crippen LogP contribution in [0.25, 0.3) is 0 Å². The summed E-state index contributed by atoms with van der Waals surface area (Å²) in [7, 11) is 0. The fraction of sp³-hybridized carbons (Fsp3) is 0.800. The third-order valence-corrected chi connectivity index (χ3v) is 6.84. The molecule has 174 valence electrons. The van der Waals surface area contributed by atoms with E-state index in [-0.39, 0.29) is 55.4 Å². The zero-order valence-electron chi connectivity index (χ0n) is 17.2. The summed E-state index contributed by atoms with van der Waals surface area (Å²) in [5, 5.41) is 0. The Kier molecular flexibility index (Phi) is 6.01. The van der Waals surface area contributed by atoms with E-state index >= 15 is 0 Å². The lowest BCUT2D eigenvalue weighted by molar-refractivity contribution is -0.141. The Bertz CT molecular complexity index is 791. The Hall–Kier alpha value is -1.75. The molecule has 0 radical (unpaired) electrons. The average Bonchev–Trinajstić information content (AvgIpc) is 3.24. The highest BCUT2D eigenvalue weighted by atomic mass is 19.4. The minimum Gasteiger partial charge on any atom is -0.381 e. The predicted octanol–water partition coefficient (Wildman–Crippen LogP) is 3.30. The van der Waals surface area contributed by atoms with E-state index in [1.165, 1.54) is 0 Å². The third-order valence-electron chi connectivity index (χ3n) is 6.84. The molecule has 0 aromatic carbocycles. The number of likely N-dealkylation sites (tertiary alicyclic amines) is 2. The molecule has 4 heterocycles. The van der Waals surface area contributed by atoms with Gasteiger partial charge in [-0.2, -0.15) is 13.2 Å². The summed E-state index contributed by atoms with van der Waals surface area (Å²) in [6, 6.07) is 0. The molecular formula is C20H27F5N4O2. The monoisotopic (exact) mass is 450 g/mol. The molecule has 1 amide bonds. The summed E-state index contributed by atoms with van der Waals surface area (Å²) in [4.78, 5) is 23.1. The minimum absolute atomic E-state index is 0.0298. The molecule has 1 aromatic heterocycles. The highest BCUT2D eigenvalue weighted by Gasteiger charge is 2.52. The van der Waals surface area contributed by atoms with Crippen molar-refractivity contribution < 1.29 is 31.5 Å². The van der Waals surface area contributed by atoms with Crippen molar-refractivity contribution in [2.75, 3.05) is 39.4 Å². The number of H-pyrrole nitrogens is 1. The lowest BCUT2D eigenvalue weighted by Crippen LogP contribution is -2.46. The van der Waals surface area contributed by atoms with Gasteiger partial charge in [-0.15, -0.1) is 0 Å². The predicted molar refractivity (Wildman–Crippen MR) is 100 cm³/mol. The molecule has 1 aromatic rings. The molecule has 0 unspecified atom stereocenters. The van der Waals surface area contributed by atoms with E-state index in [4.69, 9.17) is 4.74 Å². The number of ether oxygens (including phenoxy) is 1. The van der Waals surface area contributed by atoms with Crippen LogP contribution in [0.2, 0.25) is 0 Å². The number of alkyl halides is 5. The van der Waals surface area contributed by atoms with Crippen molar-refractivity contribution in [1.82, 2.24) is 19.8 Å². The molecule has 3 aliphatic rings. The molecule has 4 rings (SSSR count). The van der Waals surface area contributed by atoms with Crippen LogP contribution in [0.5, 0.6) is 0 Å². The van der Waals surface area contributed by atoms with E-state index in [9.17, 15) is 26.7 Å². The van der Waals surface area contributed by atoms with E-state index in [0.717, 1.165) is 6.20 Å². The van der Waals surface area contributed by atoms with E-state index in [0.29, 0.717) is 45.7 Å². The summed E-state index contributed by atoms with van der Waals surface area (Å²) in [6.07, 6.45) is -2.69. The van der Waals surface area contributed by atoms with Crippen molar-refractivity contribution in [2.24, 2.45) is 11.3 Å². The van der Waals surface area contributed by atoms with Gasteiger partial charge < -0.3 is 14.6 Å². The second kappa shape index (κ2) is 8.31. The van der Waals surface area contributed by atoms with E-state index in [1.54, 1.807) is 4.90 Å². The number of aromatic amines is 1. The van der Waals surface area contributed by atoms with E-state index in [1.807, 2.05) is 4.90 Å². The van der Waals surface area contributed by atoms with E-state index in [2.05, 4.69) is 9.97 Å². The number of aromatic nitrogens is 2. The Morgan fingerprint density at radius 1 is 1.19 bits per heavy atom. The first-order valence-corrected chi connectivity index (χ1v) is 10.7. The number of amides is 1. The SMILES string of the molecule is O=C([C@@H]1CN(Cc2ncc(C(F)(F)F)[nH]2)CC12CCOCC2)N1CCCC(F)(F)CC1. The number of imidazole rings is 1. The molecule has 3 saturated heterocycles. The maximum absolute atomic E-state index is 13.8. The Labute approximate surface area is 177 Å². The number of hydrogen-bond donors (Lipinski definition) is 1. The second-order valence-corrected chi connectivity index (χ2v) is 8.97. The quantitative estimate of drug-likeness (QED) is 0.718. The van der Waals surface area contributed by atoms with Crippen molar-refractivity contribution in [3.8, 4) is 0 Å². The lowest BCUT2D eigenvalue weighted by atomic mass is 9.71. The summed E-state index contributed by atoms with van der Waals surface area (Å²) in [5.41, 5.74) is -1.26. The summed E-state index contributed by atoms with van der Waals surface area (Å²) in [5.74, 6) is -3.07. The van der Waals surface area contributed by atoms with Crippen LogP contribution in [-0.4, -0.2) is 71.0 Å². The molecule has 6 nitrogen and oxygen atoms in total. The molecule has 1 spiro atoms. The van der Waals surface area contributed by atoms with Crippen LogP contribution in [0, 0.1) is 11.3 Å². The Morgan fingerprint density at radius 3 is 2.61 bits per heavy atom. The number of halogens is 5. The molecule has 0 aliphatic carbocycles. The number of nitrogens with zero attached hydrogens (tertiary/aromatic N) is 3. The van der Waals surface area contributed by atoms with Gasteiger partial charge in [0.2, 0.25) is 11.8 Å². The lowest BCUT2D eigenvalue weighted by Gasteiger charge is -2.39. The zero-order chi connectivity index (χ0) is 22.3. The van der Waals surface area contributed by atoms with Crippen molar-refractivity contribution in [2.45, 2.75) is 50.7 Å². The first-order valence-electron chi connectivity index (χ1n) is 10.7. The van der Waals surface area contributed by atoms with Crippen LogP contribution < -0.4 is 0 Å². The Morgan fingerprint density at radius 2 is 1.94 bits per heavy atom. The van der Waals surface area contributed by atoms with Crippen LogP contribution in [0.15, 0.2) is 6.20 Å². The van der Waals surface area contributed by atoms with Gasteiger partial charge in [-0.1, -0.05) is 0 Å². The molecule has 3 aliphatic heterocycles. The Balaban J connectivity index is 1.49. The van der Waals surface area contributed by atoms with Crippen LogP contribution in [0.3, 0.4) is 0 Å². The van der Waals surface area contributed by atoms with E-state index < -0.39 is 17.8 Å². The van der Waals surface area contributed by atoms with Crippen molar-refractivity contribution in [3.05, 3.63) is 17.7 Å². The largest absolute Gasteiger partial charge is 0.432 e. The van der Waals surface area contributed by atoms with Gasteiger partial charge in [0.15, 0.2) is 0 Å².